The minimum Gasteiger partial charge on any atom is -0.379 e. The van der Waals surface area contributed by atoms with Gasteiger partial charge in [-0.05, 0) is 20.3 Å². The van der Waals surface area contributed by atoms with E-state index >= 15 is 0 Å². The number of hydrogen-bond donors (Lipinski definition) is 1. The van der Waals surface area contributed by atoms with Gasteiger partial charge in [0.15, 0.2) is 0 Å². The van der Waals surface area contributed by atoms with E-state index in [2.05, 4.69) is 30.1 Å². The van der Waals surface area contributed by atoms with Crippen molar-refractivity contribution in [3.63, 3.8) is 0 Å². The first-order chi connectivity index (χ1) is 7.16. The fourth-order valence-electron chi connectivity index (χ4n) is 2.34. The van der Waals surface area contributed by atoms with E-state index < -0.39 is 0 Å². The molecule has 2 aliphatic heterocycles. The Morgan fingerprint density at radius 1 is 1.40 bits per heavy atom. The van der Waals surface area contributed by atoms with Crippen LogP contribution in [-0.4, -0.2) is 49.8 Å². The molecular weight excluding hydrogens is 188 g/mol. The molecule has 1 saturated heterocycles. The van der Waals surface area contributed by atoms with Crippen molar-refractivity contribution in [2.45, 2.75) is 25.8 Å². The zero-order chi connectivity index (χ0) is 10.7. The van der Waals surface area contributed by atoms with Crippen LogP contribution in [0.5, 0.6) is 0 Å². The summed E-state index contributed by atoms with van der Waals surface area (Å²) in [5.41, 5.74) is 1.86. The maximum Gasteiger partial charge on any atom is 0.0594 e. The fraction of sp³-hybridized carbons (Fsp3) is 0.833. The third-order valence-electron chi connectivity index (χ3n) is 3.17. The molecular formula is C12H22N2O. The van der Waals surface area contributed by atoms with Gasteiger partial charge in [0.25, 0.3) is 0 Å². The Morgan fingerprint density at radius 3 is 2.80 bits per heavy atom. The summed E-state index contributed by atoms with van der Waals surface area (Å²) in [6.45, 7) is 10.7. The standard InChI is InChI=1S/C12H22N2O/c1-12(2)9-11(3-4-13-12)10-14-5-7-15-8-6-14/h3,13H,4-10H2,1-2H3. The van der Waals surface area contributed by atoms with Crippen LogP contribution in [0.2, 0.25) is 0 Å². The summed E-state index contributed by atoms with van der Waals surface area (Å²) in [5.74, 6) is 0. The average Bonchev–Trinajstić information content (AvgIpc) is 2.17. The van der Waals surface area contributed by atoms with E-state index in [1.165, 1.54) is 6.42 Å². The quantitative estimate of drug-likeness (QED) is 0.689. The van der Waals surface area contributed by atoms with Crippen molar-refractivity contribution in [1.29, 1.82) is 0 Å². The first-order valence-electron chi connectivity index (χ1n) is 5.89. The average molecular weight is 210 g/mol. The highest BCUT2D eigenvalue weighted by molar-refractivity contribution is 5.14. The lowest BCUT2D eigenvalue weighted by Crippen LogP contribution is -2.45. The van der Waals surface area contributed by atoms with E-state index in [0.717, 1.165) is 39.4 Å². The summed E-state index contributed by atoms with van der Waals surface area (Å²) in [7, 11) is 0. The molecule has 0 spiro atoms. The van der Waals surface area contributed by atoms with Gasteiger partial charge in [-0.15, -0.1) is 0 Å². The molecule has 0 aromatic heterocycles. The highest BCUT2D eigenvalue weighted by Crippen LogP contribution is 2.20. The van der Waals surface area contributed by atoms with Crippen LogP contribution in [0, 0.1) is 0 Å². The third kappa shape index (κ3) is 3.30. The van der Waals surface area contributed by atoms with Crippen molar-refractivity contribution in [1.82, 2.24) is 10.2 Å². The molecule has 0 aliphatic carbocycles. The van der Waals surface area contributed by atoms with Gasteiger partial charge in [0.2, 0.25) is 0 Å². The van der Waals surface area contributed by atoms with Gasteiger partial charge in [-0.25, -0.2) is 0 Å². The Kier molecular flexibility index (Phi) is 3.44. The van der Waals surface area contributed by atoms with Crippen LogP contribution in [0.15, 0.2) is 11.6 Å². The molecule has 0 bridgehead atoms. The SMILES string of the molecule is CC1(C)CC(CN2CCOCC2)=CCN1. The molecule has 15 heavy (non-hydrogen) atoms. The Morgan fingerprint density at radius 2 is 2.13 bits per heavy atom. The lowest BCUT2D eigenvalue weighted by Gasteiger charge is -2.34. The van der Waals surface area contributed by atoms with E-state index in [1.807, 2.05) is 0 Å². The molecule has 0 atom stereocenters. The van der Waals surface area contributed by atoms with Gasteiger partial charge in [-0.1, -0.05) is 11.6 Å². The largest absolute Gasteiger partial charge is 0.379 e. The molecule has 0 saturated carbocycles. The van der Waals surface area contributed by atoms with Gasteiger partial charge in [0, 0.05) is 31.7 Å². The van der Waals surface area contributed by atoms with E-state index in [4.69, 9.17) is 4.74 Å². The molecule has 0 radical (unpaired) electrons. The molecule has 0 aromatic rings. The molecule has 86 valence electrons. The summed E-state index contributed by atoms with van der Waals surface area (Å²) in [4.78, 5) is 2.50. The molecule has 1 fully saturated rings. The first-order valence-corrected chi connectivity index (χ1v) is 5.89. The van der Waals surface area contributed by atoms with Gasteiger partial charge < -0.3 is 10.1 Å². The molecule has 3 nitrogen and oxygen atoms in total. The van der Waals surface area contributed by atoms with Crippen LogP contribution >= 0.6 is 0 Å². The smallest absolute Gasteiger partial charge is 0.0594 e. The van der Waals surface area contributed by atoms with Gasteiger partial charge in [-0.3, -0.25) is 4.90 Å². The van der Waals surface area contributed by atoms with Crippen LogP contribution in [0.3, 0.4) is 0 Å². The summed E-state index contributed by atoms with van der Waals surface area (Å²) >= 11 is 0. The van der Waals surface area contributed by atoms with Crippen molar-refractivity contribution >= 4 is 0 Å². The molecule has 1 N–H and O–H groups in total. The van der Waals surface area contributed by atoms with Crippen LogP contribution in [0.25, 0.3) is 0 Å². The number of nitrogens with one attached hydrogen (secondary N) is 1. The molecule has 0 aromatic carbocycles. The second-order valence-corrected chi connectivity index (χ2v) is 5.19. The zero-order valence-electron chi connectivity index (χ0n) is 9.88. The number of hydrogen-bond acceptors (Lipinski definition) is 3. The van der Waals surface area contributed by atoms with Gasteiger partial charge >= 0.3 is 0 Å². The van der Waals surface area contributed by atoms with Crippen LogP contribution in [0.4, 0.5) is 0 Å². The number of rotatable bonds is 2. The second-order valence-electron chi connectivity index (χ2n) is 5.19. The Labute approximate surface area is 92.5 Å². The van der Waals surface area contributed by atoms with E-state index in [1.54, 1.807) is 5.57 Å². The predicted molar refractivity (Wildman–Crippen MR) is 62.0 cm³/mol. The van der Waals surface area contributed by atoms with Crippen molar-refractivity contribution in [3.05, 3.63) is 11.6 Å². The lowest BCUT2D eigenvalue weighted by atomic mass is 9.91. The highest BCUT2D eigenvalue weighted by atomic mass is 16.5. The van der Waals surface area contributed by atoms with Crippen molar-refractivity contribution in [2.75, 3.05) is 39.4 Å². The Balaban J connectivity index is 1.85. The number of morpholine rings is 1. The molecule has 2 rings (SSSR count). The Bertz CT molecular complexity index is 242. The van der Waals surface area contributed by atoms with E-state index in [-0.39, 0.29) is 5.54 Å². The summed E-state index contributed by atoms with van der Waals surface area (Å²) in [5, 5.41) is 3.51. The predicted octanol–water partition coefficient (Wildman–Crippen LogP) is 1.02. The summed E-state index contributed by atoms with van der Waals surface area (Å²) in [6.07, 6.45) is 3.52. The normalized spacial score (nSPS) is 27.5. The summed E-state index contributed by atoms with van der Waals surface area (Å²) in [6, 6.07) is 0. The molecule has 0 amide bonds. The minimum absolute atomic E-state index is 0.274. The van der Waals surface area contributed by atoms with Gasteiger partial charge in [0.05, 0.1) is 13.2 Å². The van der Waals surface area contributed by atoms with Crippen LogP contribution in [0.1, 0.15) is 20.3 Å². The maximum absolute atomic E-state index is 5.36. The van der Waals surface area contributed by atoms with Crippen LogP contribution < -0.4 is 5.32 Å². The zero-order valence-corrected chi connectivity index (χ0v) is 9.88. The van der Waals surface area contributed by atoms with Crippen molar-refractivity contribution in [3.8, 4) is 0 Å². The molecule has 2 heterocycles. The Hall–Kier alpha value is -0.380. The topological polar surface area (TPSA) is 24.5 Å². The third-order valence-corrected chi connectivity index (χ3v) is 3.17. The van der Waals surface area contributed by atoms with Crippen LogP contribution in [-0.2, 0) is 4.74 Å². The minimum atomic E-state index is 0.274. The lowest BCUT2D eigenvalue weighted by molar-refractivity contribution is 0.0414. The monoisotopic (exact) mass is 210 g/mol. The number of ether oxygens (including phenoxy) is 1. The molecule has 0 unspecified atom stereocenters. The van der Waals surface area contributed by atoms with Crippen molar-refractivity contribution < 1.29 is 4.74 Å². The molecule has 2 aliphatic rings. The highest BCUT2D eigenvalue weighted by Gasteiger charge is 2.23. The van der Waals surface area contributed by atoms with E-state index in [0.29, 0.717) is 0 Å². The summed E-state index contributed by atoms with van der Waals surface area (Å²) < 4.78 is 5.36. The second kappa shape index (κ2) is 4.64. The maximum atomic E-state index is 5.36. The first kappa shape index (κ1) is 11.1. The number of nitrogens with zero attached hydrogens (tertiary/aromatic N) is 1. The fourth-order valence-corrected chi connectivity index (χ4v) is 2.34. The molecule has 3 heteroatoms. The van der Waals surface area contributed by atoms with E-state index in [9.17, 15) is 0 Å². The van der Waals surface area contributed by atoms with Crippen molar-refractivity contribution in [2.24, 2.45) is 0 Å². The van der Waals surface area contributed by atoms with Gasteiger partial charge in [0.1, 0.15) is 0 Å². The van der Waals surface area contributed by atoms with Gasteiger partial charge in [-0.2, -0.15) is 0 Å².